The number of furan rings is 1. The fourth-order valence-electron chi connectivity index (χ4n) is 5.06. The first-order valence-corrected chi connectivity index (χ1v) is 12.1. The number of fused-ring (bicyclic) bond motifs is 5. The molecule has 0 aliphatic heterocycles. The molecule has 0 spiro atoms. The van der Waals surface area contributed by atoms with Gasteiger partial charge >= 0.3 is 0 Å². The van der Waals surface area contributed by atoms with Gasteiger partial charge in [0.2, 0.25) is 0 Å². The molecular weight excluding hydrogens is 472 g/mol. The maximum absolute atomic E-state index is 9.50. The van der Waals surface area contributed by atoms with E-state index in [0.717, 1.165) is 0 Å². The first kappa shape index (κ1) is 11.3. The normalized spacial score (nSPS) is 17.3. The summed E-state index contributed by atoms with van der Waals surface area (Å²) in [7, 11) is 0. The molecule has 0 fully saturated rings. The molecule has 0 aliphatic rings. The van der Waals surface area contributed by atoms with E-state index in [0.29, 0.717) is 32.7 Å². The summed E-state index contributed by atoms with van der Waals surface area (Å²) in [5, 5.41) is 1.30. The summed E-state index contributed by atoms with van der Waals surface area (Å²) in [6.45, 7) is 0. The van der Waals surface area contributed by atoms with Crippen molar-refractivity contribution in [2.45, 2.75) is 0 Å². The molecule has 182 valence electrons. The monoisotopic (exact) mass is 512 g/mol. The van der Waals surface area contributed by atoms with Crippen LogP contribution in [0.3, 0.4) is 0 Å². The average Bonchev–Trinajstić information content (AvgIpc) is 3.60. The summed E-state index contributed by atoms with van der Waals surface area (Å²) in [5.41, 5.74) is -1.04. The van der Waals surface area contributed by atoms with Gasteiger partial charge < -0.3 is 4.42 Å². The van der Waals surface area contributed by atoms with Crippen LogP contribution in [0.4, 0.5) is 0 Å². The molecule has 0 aliphatic carbocycles. The molecule has 39 heavy (non-hydrogen) atoms. The summed E-state index contributed by atoms with van der Waals surface area (Å²) in [5.74, 6) is 0. The van der Waals surface area contributed by atoms with Crippen molar-refractivity contribution in [2.24, 2.45) is 0 Å². The number of hydrogen-bond acceptors (Lipinski definition) is 1. The molecule has 0 N–H and O–H groups in total. The second-order valence-electron chi connectivity index (χ2n) is 8.85. The third kappa shape index (κ3) is 3.48. The molecule has 0 saturated heterocycles. The Hall–Kier alpha value is -5.14. The molecule has 1 heterocycles. The predicted octanol–water partition coefficient (Wildman–Crippen LogP) is 10.9. The number of rotatable bonds is 3. The Morgan fingerprint density at radius 3 is 1.54 bits per heavy atom. The van der Waals surface area contributed by atoms with E-state index in [2.05, 4.69) is 0 Å². The lowest BCUT2D eigenvalue weighted by atomic mass is 9.86. The van der Waals surface area contributed by atoms with E-state index in [-0.39, 0.29) is 33.1 Å². The zero-order valence-corrected chi connectivity index (χ0v) is 20.0. The largest absolute Gasteiger partial charge is 0.456 e. The Morgan fingerprint density at radius 2 is 0.923 bits per heavy atom. The van der Waals surface area contributed by atoms with Crippen LogP contribution in [0.5, 0.6) is 0 Å². The third-order valence-electron chi connectivity index (χ3n) is 6.69. The van der Waals surface area contributed by atoms with E-state index in [1.165, 1.54) is 0 Å². The van der Waals surface area contributed by atoms with E-state index in [9.17, 15) is 5.48 Å². The number of hydrogen-bond donors (Lipinski definition) is 0. The molecule has 1 aromatic heterocycles. The van der Waals surface area contributed by atoms with E-state index in [1.54, 1.807) is 48.5 Å². The van der Waals surface area contributed by atoms with Crippen LogP contribution >= 0.6 is 0 Å². The molecular formula is C38H24O. The van der Waals surface area contributed by atoms with Crippen molar-refractivity contribution in [1.29, 1.82) is 0 Å². The maximum atomic E-state index is 9.50. The van der Waals surface area contributed by atoms with Gasteiger partial charge in [0.15, 0.2) is 0 Å². The molecule has 0 amide bonds. The first-order valence-electron chi connectivity index (χ1n) is 20.1. The summed E-state index contributed by atoms with van der Waals surface area (Å²) >= 11 is 0. The molecule has 7 aromatic carbocycles. The highest BCUT2D eigenvalue weighted by Gasteiger charge is 2.17. The van der Waals surface area contributed by atoms with Gasteiger partial charge in [-0.3, -0.25) is 0 Å². The van der Waals surface area contributed by atoms with E-state index >= 15 is 0 Å². The van der Waals surface area contributed by atoms with Crippen molar-refractivity contribution in [2.75, 3.05) is 0 Å². The summed E-state index contributed by atoms with van der Waals surface area (Å²) < 4.78 is 145. The second kappa shape index (κ2) is 8.72. The quantitative estimate of drug-likeness (QED) is 0.215. The van der Waals surface area contributed by atoms with Gasteiger partial charge in [-0.15, -0.1) is 0 Å². The molecule has 0 unspecified atom stereocenters. The lowest BCUT2D eigenvalue weighted by Crippen LogP contribution is -1.90. The SMILES string of the molecule is [2H]c1c([2H])c([2H])c(-c2c([2H])c([2H])c3oc4c([2H])c(-c5c6ccccc6c(-c6c([2H])c([2H])c([2H])c([2H])c6[2H])c6ccccc56)c([2H])c([2H])c4c3c2[2H])c([2H])c1[2H]. The van der Waals surface area contributed by atoms with Crippen LogP contribution in [0.2, 0.25) is 0 Å². The van der Waals surface area contributed by atoms with Crippen LogP contribution < -0.4 is 0 Å². The van der Waals surface area contributed by atoms with Gasteiger partial charge in [-0.2, -0.15) is 0 Å². The van der Waals surface area contributed by atoms with Crippen LogP contribution in [0, 0.1) is 0 Å². The summed E-state index contributed by atoms with van der Waals surface area (Å²) in [6, 6.07) is 4.51. The Bertz CT molecular complexity index is 2940. The smallest absolute Gasteiger partial charge is 0.136 e. The average molecular weight is 513 g/mol. The van der Waals surface area contributed by atoms with Crippen LogP contribution in [0.25, 0.3) is 76.9 Å². The minimum Gasteiger partial charge on any atom is -0.456 e. The van der Waals surface area contributed by atoms with Crippen LogP contribution in [-0.2, 0) is 0 Å². The molecule has 0 radical (unpaired) electrons. The van der Waals surface area contributed by atoms with Crippen LogP contribution in [0.1, 0.15) is 21.9 Å². The maximum Gasteiger partial charge on any atom is 0.136 e. The topological polar surface area (TPSA) is 13.1 Å². The van der Waals surface area contributed by atoms with Crippen molar-refractivity contribution in [3.05, 3.63) is 145 Å². The van der Waals surface area contributed by atoms with Crippen molar-refractivity contribution >= 4 is 43.5 Å². The third-order valence-corrected chi connectivity index (χ3v) is 6.69. The molecule has 8 aromatic rings. The second-order valence-corrected chi connectivity index (χ2v) is 8.85. The van der Waals surface area contributed by atoms with Gasteiger partial charge in [-0.05, 0) is 79.1 Å². The highest BCUT2D eigenvalue weighted by molar-refractivity contribution is 6.22. The molecule has 0 atom stereocenters. The Kier molecular flexibility index (Phi) is 2.53. The minimum atomic E-state index is -0.705. The zero-order valence-electron chi connectivity index (χ0n) is 36.0. The van der Waals surface area contributed by atoms with E-state index in [4.69, 9.17) is 20.9 Å². The van der Waals surface area contributed by atoms with E-state index < -0.39 is 108 Å². The Labute approximate surface area is 249 Å². The van der Waals surface area contributed by atoms with E-state index in [1.807, 2.05) is 0 Å². The van der Waals surface area contributed by atoms with Crippen LogP contribution in [-0.4, -0.2) is 0 Å². The van der Waals surface area contributed by atoms with Gasteiger partial charge in [-0.25, -0.2) is 0 Å². The highest BCUT2D eigenvalue weighted by Crippen LogP contribution is 2.44. The molecule has 1 heteroatoms. The first-order chi connectivity index (χ1) is 26.0. The zero-order chi connectivity index (χ0) is 39.7. The fraction of sp³-hybridized carbons (Fsp3) is 0. The summed E-state index contributed by atoms with van der Waals surface area (Å²) in [4.78, 5) is 0. The molecule has 0 saturated carbocycles. The molecule has 0 bridgehead atoms. The Morgan fingerprint density at radius 1 is 0.385 bits per heavy atom. The van der Waals surface area contributed by atoms with Crippen molar-refractivity contribution in [3.8, 4) is 33.4 Å². The minimum absolute atomic E-state index is 0.0388. The van der Waals surface area contributed by atoms with Gasteiger partial charge in [0.1, 0.15) is 11.2 Å². The predicted molar refractivity (Wildman–Crippen MR) is 165 cm³/mol. The Balaban J connectivity index is 1.52. The van der Waals surface area contributed by atoms with Gasteiger partial charge in [0.25, 0.3) is 0 Å². The lowest BCUT2D eigenvalue weighted by molar-refractivity contribution is 0.669. The molecule has 8 rings (SSSR count). The number of benzene rings is 7. The van der Waals surface area contributed by atoms with Crippen LogP contribution in [0.15, 0.2) is 150 Å². The highest BCUT2D eigenvalue weighted by atomic mass is 16.3. The molecule has 1 nitrogen and oxygen atoms in total. The van der Waals surface area contributed by atoms with Crippen molar-refractivity contribution in [3.63, 3.8) is 0 Å². The van der Waals surface area contributed by atoms with Gasteiger partial charge in [-0.1, -0.05) is 121 Å². The summed E-state index contributed by atoms with van der Waals surface area (Å²) in [6.07, 6.45) is 0. The lowest BCUT2D eigenvalue weighted by Gasteiger charge is -2.17. The fourth-order valence-corrected chi connectivity index (χ4v) is 5.06. The van der Waals surface area contributed by atoms with Gasteiger partial charge in [0, 0.05) is 10.8 Å². The van der Waals surface area contributed by atoms with Gasteiger partial charge in [0.05, 0.1) is 21.9 Å². The standard InChI is InChI=1S/C38H24O/c1-3-11-25(12-4-1)27-20-22-35-34(23-27)29-21-19-28(24-36(29)39-35)38-32-17-9-7-15-30(32)37(26-13-5-2-6-14-26)31-16-8-10-18-33(31)38/h1-24H/i1D,2D,3D,4D,5D,6D,11D,12D,13D,14D,19D,20D,21D,22D,23D,24D. The van der Waals surface area contributed by atoms with Crippen molar-refractivity contribution in [1.82, 2.24) is 0 Å². The van der Waals surface area contributed by atoms with Crippen molar-refractivity contribution < 1.29 is 26.3 Å².